The Morgan fingerprint density at radius 3 is 1.11 bits per heavy atom. The number of rotatable bonds is 65. The Balaban J connectivity index is 5.00. The van der Waals surface area contributed by atoms with Crippen LogP contribution in [0.5, 0.6) is 0 Å². The normalized spacial score (nSPS) is 13.9. The maximum atomic E-state index is 13.6. The molecule has 0 aromatic rings. The average Bonchev–Trinajstić information content (AvgIpc) is 3.51. The van der Waals surface area contributed by atoms with Crippen molar-refractivity contribution in [3.63, 3.8) is 0 Å². The molecule has 0 rings (SSSR count). The van der Waals surface area contributed by atoms with E-state index in [1.807, 2.05) is 33.3 Å². The molecule has 0 spiro atoms. The van der Waals surface area contributed by atoms with E-state index in [9.17, 15) is 19.0 Å². The quantitative estimate of drug-likeness (QED) is 0.0205. The number of carbonyl (C=O) groups is 2. The number of hydrogen-bond donors (Lipinski definition) is 2. The standard InChI is InChI=1S/C73H137N2O7P/c1-7-10-13-16-19-22-25-27-29-31-33-35-36-37-38-40-42-44-46-48-51-54-57-60-63-66-73(77)82-71(64-61-58-55-52-49-24-21-18-15-12-9-3)70(69-81-83(78,79)80-68-67-75(4,5)6)74-72(76)65-62-59-56-53-50-47-45-43-41-39-34-32-30-28-26-23-20-17-14-11-8-2/h19-20,22-23,27-30,61,64,70-71H,7-18,21,24-26,31-60,62-63,65-69H2,1-6H3,(H-,74,76,78,79)/p+1/b22-19-,23-20-,29-27-,30-28-,64-61+. The van der Waals surface area contributed by atoms with E-state index >= 15 is 0 Å². The smallest absolute Gasteiger partial charge is 0.456 e. The lowest BCUT2D eigenvalue weighted by molar-refractivity contribution is -0.870. The first-order valence-corrected chi connectivity index (χ1v) is 37.1. The van der Waals surface area contributed by atoms with Gasteiger partial charge in [-0.1, -0.05) is 294 Å². The molecule has 10 heteroatoms. The fraction of sp³-hybridized carbons (Fsp3) is 0.836. The van der Waals surface area contributed by atoms with E-state index in [0.717, 1.165) is 70.6 Å². The van der Waals surface area contributed by atoms with E-state index in [1.54, 1.807) is 0 Å². The Morgan fingerprint density at radius 1 is 0.422 bits per heavy atom. The second kappa shape index (κ2) is 62.8. The third-order valence-electron chi connectivity index (χ3n) is 15.9. The Labute approximate surface area is 515 Å². The van der Waals surface area contributed by atoms with Gasteiger partial charge in [-0.2, -0.15) is 0 Å². The van der Waals surface area contributed by atoms with Crippen molar-refractivity contribution >= 4 is 19.7 Å². The Bertz CT molecular complexity index is 1600. The van der Waals surface area contributed by atoms with Gasteiger partial charge in [-0.15, -0.1) is 0 Å². The van der Waals surface area contributed by atoms with Gasteiger partial charge in [0.15, 0.2) is 0 Å². The molecule has 0 heterocycles. The molecule has 486 valence electrons. The zero-order valence-corrected chi connectivity index (χ0v) is 56.6. The number of hydrogen-bond acceptors (Lipinski definition) is 6. The number of likely N-dealkylation sites (N-methyl/N-ethyl adjacent to an activating group) is 1. The van der Waals surface area contributed by atoms with Gasteiger partial charge in [0.2, 0.25) is 5.91 Å². The number of allylic oxidation sites excluding steroid dienone is 9. The Hall–Kier alpha value is -2.29. The molecule has 0 saturated heterocycles. The summed E-state index contributed by atoms with van der Waals surface area (Å²) < 4.78 is 30.8. The van der Waals surface area contributed by atoms with Gasteiger partial charge in [-0.3, -0.25) is 18.6 Å². The van der Waals surface area contributed by atoms with Gasteiger partial charge in [0, 0.05) is 12.8 Å². The number of carbonyl (C=O) groups excluding carboxylic acids is 2. The van der Waals surface area contributed by atoms with E-state index in [-0.39, 0.29) is 25.1 Å². The van der Waals surface area contributed by atoms with Crippen molar-refractivity contribution in [1.29, 1.82) is 0 Å². The molecule has 1 amide bonds. The second-order valence-corrected chi connectivity index (χ2v) is 26.9. The summed E-state index contributed by atoms with van der Waals surface area (Å²) in [5, 5.41) is 3.07. The molecule has 0 aromatic carbocycles. The molecule has 0 bridgehead atoms. The van der Waals surface area contributed by atoms with Gasteiger partial charge < -0.3 is 19.4 Å². The lowest BCUT2D eigenvalue weighted by Gasteiger charge is -2.27. The molecule has 0 saturated carbocycles. The molecule has 0 fully saturated rings. The molecule has 0 radical (unpaired) electrons. The predicted octanol–water partition coefficient (Wildman–Crippen LogP) is 22.6. The van der Waals surface area contributed by atoms with E-state index in [2.05, 4.69) is 74.7 Å². The lowest BCUT2D eigenvalue weighted by Crippen LogP contribution is -2.47. The van der Waals surface area contributed by atoms with Crippen molar-refractivity contribution in [2.45, 2.75) is 354 Å². The molecule has 0 aromatic heterocycles. The number of nitrogens with zero attached hydrogens (tertiary/aromatic N) is 1. The van der Waals surface area contributed by atoms with Crippen molar-refractivity contribution in [2.24, 2.45) is 0 Å². The molecule has 9 nitrogen and oxygen atoms in total. The average molecular weight is 1190 g/mol. The highest BCUT2D eigenvalue weighted by Crippen LogP contribution is 2.43. The highest BCUT2D eigenvalue weighted by molar-refractivity contribution is 7.47. The maximum absolute atomic E-state index is 13.6. The number of esters is 1. The summed E-state index contributed by atoms with van der Waals surface area (Å²) in [5.74, 6) is -0.495. The molecular formula is C73H138N2O7P+. The van der Waals surface area contributed by atoms with Crippen LogP contribution < -0.4 is 5.32 Å². The summed E-state index contributed by atoms with van der Waals surface area (Å²) in [4.78, 5) is 37.9. The van der Waals surface area contributed by atoms with Crippen LogP contribution >= 0.6 is 7.82 Å². The zero-order chi connectivity index (χ0) is 60.7. The number of phosphoric acid groups is 1. The van der Waals surface area contributed by atoms with Crippen molar-refractivity contribution < 1.29 is 37.3 Å². The van der Waals surface area contributed by atoms with Gasteiger partial charge in [-0.05, 0) is 96.0 Å². The van der Waals surface area contributed by atoms with Gasteiger partial charge in [-0.25, -0.2) is 4.57 Å². The van der Waals surface area contributed by atoms with Crippen LogP contribution in [0.2, 0.25) is 0 Å². The third-order valence-corrected chi connectivity index (χ3v) is 16.9. The number of ether oxygens (including phenoxy) is 1. The molecule has 0 aliphatic heterocycles. The SMILES string of the molecule is CCCCC/C=C\C/C=C\CCCCCCCCCCCCCCCCCC(=O)OC(/C=C/CCCCCCCCCCC)C(COP(=O)(O)OCC[N+](C)(C)C)NC(=O)CCCCCCCCCCCCC/C=C\C/C=C\CCCCC. The van der Waals surface area contributed by atoms with Crippen molar-refractivity contribution in [3.05, 3.63) is 60.8 Å². The van der Waals surface area contributed by atoms with Gasteiger partial charge in [0.1, 0.15) is 19.3 Å². The number of unbranched alkanes of at least 4 members (excludes halogenated alkanes) is 41. The molecule has 83 heavy (non-hydrogen) atoms. The highest BCUT2D eigenvalue weighted by atomic mass is 31.2. The maximum Gasteiger partial charge on any atom is 0.472 e. The lowest BCUT2D eigenvalue weighted by atomic mass is 10.0. The predicted molar refractivity (Wildman–Crippen MR) is 360 cm³/mol. The fourth-order valence-corrected chi connectivity index (χ4v) is 11.2. The topological polar surface area (TPSA) is 111 Å². The van der Waals surface area contributed by atoms with Crippen LogP contribution in [0.25, 0.3) is 0 Å². The number of nitrogens with one attached hydrogen (secondary N) is 1. The summed E-state index contributed by atoms with van der Waals surface area (Å²) >= 11 is 0. The van der Waals surface area contributed by atoms with Crippen molar-refractivity contribution in [3.8, 4) is 0 Å². The van der Waals surface area contributed by atoms with Gasteiger partial charge >= 0.3 is 13.8 Å². The molecule has 2 N–H and O–H groups in total. The van der Waals surface area contributed by atoms with Crippen LogP contribution in [-0.4, -0.2) is 74.3 Å². The Kier molecular flexibility index (Phi) is 61.0. The summed E-state index contributed by atoms with van der Waals surface area (Å²) in [6, 6.07) is -0.850. The first-order valence-electron chi connectivity index (χ1n) is 35.6. The first-order chi connectivity index (χ1) is 40.4. The highest BCUT2D eigenvalue weighted by Gasteiger charge is 2.30. The van der Waals surface area contributed by atoms with Crippen LogP contribution in [0, 0.1) is 0 Å². The van der Waals surface area contributed by atoms with E-state index < -0.39 is 20.0 Å². The first kappa shape index (κ1) is 80.7. The van der Waals surface area contributed by atoms with Crippen LogP contribution in [0.3, 0.4) is 0 Å². The van der Waals surface area contributed by atoms with Crippen molar-refractivity contribution in [1.82, 2.24) is 5.32 Å². The van der Waals surface area contributed by atoms with Gasteiger partial charge in [0.05, 0.1) is 33.8 Å². The minimum atomic E-state index is -4.45. The van der Waals surface area contributed by atoms with Crippen molar-refractivity contribution in [2.75, 3.05) is 40.9 Å². The monoisotopic (exact) mass is 1190 g/mol. The third kappa shape index (κ3) is 64.0. The molecule has 3 unspecified atom stereocenters. The molecule has 3 atom stereocenters. The summed E-state index contributed by atoms with van der Waals surface area (Å²) in [7, 11) is 1.50. The fourth-order valence-electron chi connectivity index (χ4n) is 10.4. The van der Waals surface area contributed by atoms with Crippen LogP contribution in [0.1, 0.15) is 342 Å². The summed E-state index contributed by atoms with van der Waals surface area (Å²) in [5.41, 5.74) is 0. The molecule has 0 aliphatic rings. The van der Waals surface area contributed by atoms with E-state index in [0.29, 0.717) is 23.9 Å². The molecular weight excluding hydrogens is 1050 g/mol. The van der Waals surface area contributed by atoms with Crippen LogP contribution in [0.4, 0.5) is 0 Å². The van der Waals surface area contributed by atoms with E-state index in [1.165, 1.54) is 238 Å². The Morgan fingerprint density at radius 2 is 0.735 bits per heavy atom. The largest absolute Gasteiger partial charge is 0.472 e. The zero-order valence-electron chi connectivity index (χ0n) is 55.7. The molecule has 0 aliphatic carbocycles. The number of phosphoric ester groups is 1. The summed E-state index contributed by atoms with van der Waals surface area (Å²) in [6.45, 7) is 7.00. The van der Waals surface area contributed by atoms with Crippen LogP contribution in [-0.2, 0) is 27.9 Å². The number of quaternary nitrogens is 1. The second-order valence-electron chi connectivity index (χ2n) is 25.4. The minimum Gasteiger partial charge on any atom is -0.456 e. The van der Waals surface area contributed by atoms with E-state index in [4.69, 9.17) is 13.8 Å². The number of amides is 1. The van der Waals surface area contributed by atoms with Crippen LogP contribution in [0.15, 0.2) is 60.8 Å². The minimum absolute atomic E-state index is 0.0402. The van der Waals surface area contributed by atoms with Gasteiger partial charge in [0.25, 0.3) is 0 Å². The summed E-state index contributed by atoms with van der Waals surface area (Å²) in [6.07, 6.45) is 80.9.